The molecule has 0 spiro atoms. The first kappa shape index (κ1) is 25.7. The number of anilines is 1. The number of benzene rings is 1. The number of carbonyl (C=O) groups is 1. The van der Waals surface area contributed by atoms with Crippen molar-refractivity contribution in [1.29, 1.82) is 0 Å². The van der Waals surface area contributed by atoms with Gasteiger partial charge in [-0.05, 0) is 30.3 Å². The summed E-state index contributed by atoms with van der Waals surface area (Å²) in [6.45, 7) is 0. The normalized spacial score (nSPS) is 12.6. The lowest BCUT2D eigenvalue weighted by atomic mass is 10.1. The molecule has 0 aliphatic carbocycles. The highest BCUT2D eigenvalue weighted by Crippen LogP contribution is 2.37. The molecule has 0 unspecified atom stereocenters. The SMILES string of the molecule is O=C(Nc1ccnc(C(F)(F)F)c1)c1cnn(-c2cccc3c(OC(F)(F)F)nccc23)c1C(F)(F)F. The molecule has 0 saturated carbocycles. The molecule has 0 aliphatic heterocycles. The van der Waals surface area contributed by atoms with Gasteiger partial charge in [0.15, 0.2) is 5.69 Å². The number of hydrogen-bond donors (Lipinski definition) is 1. The zero-order chi connectivity index (χ0) is 27.2. The van der Waals surface area contributed by atoms with Gasteiger partial charge < -0.3 is 10.1 Å². The Morgan fingerprint density at radius 1 is 0.865 bits per heavy atom. The van der Waals surface area contributed by atoms with E-state index in [0.29, 0.717) is 18.5 Å². The highest BCUT2D eigenvalue weighted by Gasteiger charge is 2.41. The number of nitrogens with one attached hydrogen (secondary N) is 1. The molecule has 1 amide bonds. The summed E-state index contributed by atoms with van der Waals surface area (Å²) < 4.78 is 123. The fourth-order valence-electron chi connectivity index (χ4n) is 3.37. The smallest absolute Gasteiger partial charge is 0.387 e. The zero-order valence-corrected chi connectivity index (χ0v) is 17.7. The van der Waals surface area contributed by atoms with Crippen molar-refractivity contribution >= 4 is 22.4 Å². The minimum atomic E-state index is -5.22. The van der Waals surface area contributed by atoms with E-state index >= 15 is 0 Å². The summed E-state index contributed by atoms with van der Waals surface area (Å²) in [7, 11) is 0. The fraction of sp³-hybridized carbons (Fsp3) is 0.143. The second-order valence-corrected chi connectivity index (χ2v) is 7.23. The molecular formula is C21H10F9N5O2. The second kappa shape index (κ2) is 8.94. The molecule has 4 rings (SSSR count). The number of halogens is 9. The lowest BCUT2D eigenvalue weighted by Crippen LogP contribution is -2.21. The minimum absolute atomic E-state index is 0.179. The molecule has 1 aromatic carbocycles. The maximum absolute atomic E-state index is 14.1. The van der Waals surface area contributed by atoms with Gasteiger partial charge in [0.1, 0.15) is 5.69 Å². The number of carbonyl (C=O) groups excluding carboxylic acids is 1. The molecular weight excluding hydrogens is 525 g/mol. The van der Waals surface area contributed by atoms with E-state index in [1.54, 1.807) is 0 Å². The summed E-state index contributed by atoms with van der Waals surface area (Å²) in [4.78, 5) is 19.2. The van der Waals surface area contributed by atoms with E-state index in [9.17, 15) is 44.3 Å². The van der Waals surface area contributed by atoms with Gasteiger partial charge in [-0.15, -0.1) is 13.2 Å². The summed E-state index contributed by atoms with van der Waals surface area (Å²) in [6.07, 6.45) is -13.1. The van der Waals surface area contributed by atoms with Gasteiger partial charge in [0, 0.05) is 28.9 Å². The Hall–Kier alpha value is -4.37. The number of nitrogens with zero attached hydrogens (tertiary/aromatic N) is 4. The van der Waals surface area contributed by atoms with Gasteiger partial charge >= 0.3 is 18.7 Å². The molecule has 7 nitrogen and oxygen atoms in total. The first-order valence-electron chi connectivity index (χ1n) is 9.79. The van der Waals surface area contributed by atoms with Crippen LogP contribution in [0.3, 0.4) is 0 Å². The molecule has 0 radical (unpaired) electrons. The fourth-order valence-corrected chi connectivity index (χ4v) is 3.37. The Morgan fingerprint density at radius 3 is 2.22 bits per heavy atom. The van der Waals surface area contributed by atoms with Gasteiger partial charge in [-0.25, -0.2) is 9.67 Å². The van der Waals surface area contributed by atoms with Crippen molar-refractivity contribution in [3.63, 3.8) is 0 Å². The topological polar surface area (TPSA) is 81.9 Å². The van der Waals surface area contributed by atoms with Crippen molar-refractivity contribution in [2.24, 2.45) is 0 Å². The summed E-state index contributed by atoms with van der Waals surface area (Å²) in [6, 6.07) is 5.83. The van der Waals surface area contributed by atoms with Crippen LogP contribution in [0.1, 0.15) is 21.7 Å². The molecule has 0 bridgehead atoms. The Bertz CT molecular complexity index is 1480. The maximum Gasteiger partial charge on any atom is 0.574 e. The number of alkyl halides is 9. The van der Waals surface area contributed by atoms with Crippen LogP contribution in [0.15, 0.2) is 55.0 Å². The monoisotopic (exact) mass is 535 g/mol. The summed E-state index contributed by atoms with van der Waals surface area (Å²) in [5.74, 6) is -2.37. The van der Waals surface area contributed by atoms with Crippen molar-refractivity contribution in [3.05, 3.63) is 71.9 Å². The number of amides is 1. The quantitative estimate of drug-likeness (QED) is 0.324. The van der Waals surface area contributed by atoms with Crippen molar-refractivity contribution in [2.45, 2.75) is 18.7 Å². The number of rotatable bonds is 4. The molecule has 1 N–H and O–H groups in total. The van der Waals surface area contributed by atoms with Crippen LogP contribution >= 0.6 is 0 Å². The molecule has 37 heavy (non-hydrogen) atoms. The minimum Gasteiger partial charge on any atom is -0.387 e. The van der Waals surface area contributed by atoms with Crippen LogP contribution in [0.2, 0.25) is 0 Å². The van der Waals surface area contributed by atoms with E-state index in [2.05, 4.69) is 19.8 Å². The van der Waals surface area contributed by atoms with Crippen LogP contribution in [0, 0.1) is 0 Å². The Balaban J connectivity index is 1.80. The highest BCUT2D eigenvalue weighted by molar-refractivity contribution is 6.05. The van der Waals surface area contributed by atoms with Gasteiger partial charge in [0.25, 0.3) is 5.91 Å². The molecule has 0 atom stereocenters. The number of hydrogen-bond acceptors (Lipinski definition) is 5. The zero-order valence-electron chi connectivity index (χ0n) is 17.7. The highest BCUT2D eigenvalue weighted by atomic mass is 19.4. The Kier molecular flexibility index (Phi) is 6.21. The first-order chi connectivity index (χ1) is 17.1. The summed E-state index contributed by atoms with van der Waals surface area (Å²) in [5, 5.41) is 5.04. The van der Waals surface area contributed by atoms with Crippen LogP contribution < -0.4 is 10.1 Å². The number of ether oxygens (including phenoxy) is 1. The largest absolute Gasteiger partial charge is 0.574 e. The average Bonchev–Trinajstić information content (AvgIpc) is 3.23. The van der Waals surface area contributed by atoms with Gasteiger partial charge in [-0.3, -0.25) is 9.78 Å². The third kappa shape index (κ3) is 5.41. The van der Waals surface area contributed by atoms with Crippen molar-refractivity contribution in [3.8, 4) is 11.6 Å². The number of fused-ring (bicyclic) bond motifs is 1. The van der Waals surface area contributed by atoms with Gasteiger partial charge in [0.05, 0.1) is 17.4 Å². The summed E-state index contributed by atoms with van der Waals surface area (Å²) in [5.41, 5.74) is -4.94. The van der Waals surface area contributed by atoms with E-state index < -0.39 is 53.1 Å². The third-order valence-electron chi connectivity index (χ3n) is 4.78. The molecule has 3 aromatic heterocycles. The van der Waals surface area contributed by atoms with Gasteiger partial charge in [-0.1, -0.05) is 6.07 Å². The van der Waals surface area contributed by atoms with Crippen LogP contribution in [-0.2, 0) is 12.4 Å². The first-order valence-corrected chi connectivity index (χ1v) is 9.79. The molecule has 194 valence electrons. The molecule has 4 aromatic rings. The Morgan fingerprint density at radius 2 is 1.57 bits per heavy atom. The van der Waals surface area contributed by atoms with Gasteiger partial charge in [-0.2, -0.15) is 31.4 Å². The van der Waals surface area contributed by atoms with Crippen molar-refractivity contribution in [1.82, 2.24) is 19.7 Å². The molecule has 16 heteroatoms. The van der Waals surface area contributed by atoms with E-state index in [1.807, 2.05) is 5.32 Å². The van der Waals surface area contributed by atoms with E-state index in [0.717, 1.165) is 36.5 Å². The lowest BCUT2D eigenvalue weighted by molar-refractivity contribution is -0.275. The predicted molar refractivity (Wildman–Crippen MR) is 108 cm³/mol. The van der Waals surface area contributed by atoms with Gasteiger partial charge in [0.2, 0.25) is 5.88 Å². The lowest BCUT2D eigenvalue weighted by Gasteiger charge is -2.16. The number of aromatic nitrogens is 4. The molecule has 0 saturated heterocycles. The average molecular weight is 535 g/mol. The maximum atomic E-state index is 14.1. The van der Waals surface area contributed by atoms with E-state index in [1.165, 1.54) is 0 Å². The van der Waals surface area contributed by atoms with Crippen molar-refractivity contribution < 1.29 is 49.0 Å². The van der Waals surface area contributed by atoms with Crippen LogP contribution in [0.4, 0.5) is 45.2 Å². The summed E-state index contributed by atoms with van der Waals surface area (Å²) >= 11 is 0. The molecule has 0 aliphatic rings. The second-order valence-electron chi connectivity index (χ2n) is 7.23. The van der Waals surface area contributed by atoms with E-state index in [4.69, 9.17) is 0 Å². The van der Waals surface area contributed by atoms with Crippen molar-refractivity contribution in [2.75, 3.05) is 5.32 Å². The third-order valence-corrected chi connectivity index (χ3v) is 4.78. The van der Waals surface area contributed by atoms with Crippen LogP contribution in [0.25, 0.3) is 16.5 Å². The standard InChI is InChI=1S/C21H10F9N5O2/c22-19(23,24)15-8-10(4-6-31-15)34-17(36)13-9-33-35(16(13)20(25,26)27)14-3-1-2-12-11(14)5-7-32-18(12)37-21(28,29)30/h1-9H,(H,31,34,36). The molecule has 0 fully saturated rings. The predicted octanol–water partition coefficient (Wildman–Crippen LogP) is 6.00. The van der Waals surface area contributed by atoms with Crippen LogP contribution in [-0.4, -0.2) is 32.0 Å². The number of pyridine rings is 2. The molecule has 3 heterocycles. The Labute approximate surface area is 199 Å². The van der Waals surface area contributed by atoms with Crippen LogP contribution in [0.5, 0.6) is 5.88 Å². The van der Waals surface area contributed by atoms with E-state index in [-0.39, 0.29) is 21.1 Å².